The lowest BCUT2D eigenvalue weighted by molar-refractivity contribution is -0.121. The fourth-order valence-electron chi connectivity index (χ4n) is 3.04. The van der Waals surface area contributed by atoms with Gasteiger partial charge in [0.15, 0.2) is 0 Å². The minimum absolute atomic E-state index is 0.0456. The van der Waals surface area contributed by atoms with Gasteiger partial charge >= 0.3 is 6.61 Å². The fraction of sp³-hybridized carbons (Fsp3) is 0.500. The number of rotatable bonds is 3. The molecule has 1 aliphatic heterocycles. The largest absolute Gasteiger partial charge is 0.433 e. The van der Waals surface area contributed by atoms with Crippen molar-refractivity contribution in [3.05, 3.63) is 23.0 Å². The van der Waals surface area contributed by atoms with E-state index in [1.807, 2.05) is 0 Å². The van der Waals surface area contributed by atoms with Gasteiger partial charge in [-0.1, -0.05) is 24.4 Å². The first-order chi connectivity index (χ1) is 10.5. The van der Waals surface area contributed by atoms with Gasteiger partial charge in [-0.3, -0.25) is 4.79 Å². The van der Waals surface area contributed by atoms with Crippen LogP contribution in [0.2, 0.25) is 5.02 Å². The Morgan fingerprint density at radius 1 is 1.32 bits per heavy atom. The molecule has 0 aromatic heterocycles. The number of carbonyl (C=O) groups is 1. The molecular formula is C14H14ClF3N2O2. The van der Waals surface area contributed by atoms with E-state index in [9.17, 15) is 18.0 Å². The van der Waals surface area contributed by atoms with Crippen LogP contribution in [0.1, 0.15) is 25.7 Å². The van der Waals surface area contributed by atoms with Crippen LogP contribution in [0.4, 0.5) is 18.9 Å². The standard InChI is InChI=1S/C14H14ClF3N2O2/c15-8-5-9(16)11(6-12(8)22-14(17)18)20-13(21)7-3-1-2-4-10(7)19-20/h5-7,10,14,19H,1-4H2. The first kappa shape index (κ1) is 15.4. The summed E-state index contributed by atoms with van der Waals surface area (Å²) in [5.74, 6) is -1.60. The fourth-order valence-corrected chi connectivity index (χ4v) is 3.24. The quantitative estimate of drug-likeness (QED) is 0.920. The molecule has 3 rings (SSSR count). The number of hydrazine groups is 1. The molecule has 1 aromatic carbocycles. The molecule has 1 aliphatic carbocycles. The molecule has 2 fully saturated rings. The Bertz CT molecular complexity index is 600. The van der Waals surface area contributed by atoms with Crippen molar-refractivity contribution in [3.63, 3.8) is 0 Å². The molecule has 22 heavy (non-hydrogen) atoms. The van der Waals surface area contributed by atoms with Crippen molar-refractivity contribution in [2.75, 3.05) is 5.01 Å². The topological polar surface area (TPSA) is 41.6 Å². The van der Waals surface area contributed by atoms with E-state index < -0.39 is 12.4 Å². The summed E-state index contributed by atoms with van der Waals surface area (Å²) in [7, 11) is 0. The highest BCUT2D eigenvalue weighted by molar-refractivity contribution is 6.32. The van der Waals surface area contributed by atoms with Crippen molar-refractivity contribution in [1.29, 1.82) is 0 Å². The minimum Gasteiger partial charge on any atom is -0.433 e. The maximum Gasteiger partial charge on any atom is 0.387 e. The Balaban J connectivity index is 1.92. The lowest BCUT2D eigenvalue weighted by atomic mass is 9.86. The summed E-state index contributed by atoms with van der Waals surface area (Å²) in [6, 6.07) is 1.84. The van der Waals surface area contributed by atoms with E-state index in [1.165, 1.54) is 0 Å². The molecule has 2 aliphatic rings. The number of fused-ring (bicyclic) bond motifs is 1. The lowest BCUT2D eigenvalue weighted by Gasteiger charge is -2.21. The van der Waals surface area contributed by atoms with Crippen LogP contribution in [0.3, 0.4) is 0 Å². The predicted molar refractivity (Wildman–Crippen MR) is 74.4 cm³/mol. The zero-order valence-corrected chi connectivity index (χ0v) is 12.2. The van der Waals surface area contributed by atoms with Gasteiger partial charge in [-0.15, -0.1) is 0 Å². The lowest BCUT2D eigenvalue weighted by Crippen LogP contribution is -2.38. The summed E-state index contributed by atoms with van der Waals surface area (Å²) in [5, 5.41) is 0.815. The highest BCUT2D eigenvalue weighted by Crippen LogP contribution is 2.37. The number of alkyl halides is 2. The maximum atomic E-state index is 14.1. The Labute approximate surface area is 130 Å². The average molecular weight is 335 g/mol. The zero-order valence-electron chi connectivity index (χ0n) is 11.5. The number of ether oxygens (including phenoxy) is 1. The monoisotopic (exact) mass is 334 g/mol. The van der Waals surface area contributed by atoms with Crippen LogP contribution in [-0.2, 0) is 4.79 Å². The zero-order chi connectivity index (χ0) is 15.9. The summed E-state index contributed by atoms with van der Waals surface area (Å²) in [6.07, 6.45) is 3.51. The number of hydrogen-bond donors (Lipinski definition) is 1. The molecule has 0 bridgehead atoms. The Morgan fingerprint density at radius 2 is 2.05 bits per heavy atom. The first-order valence-corrected chi connectivity index (χ1v) is 7.39. The molecule has 1 amide bonds. The first-order valence-electron chi connectivity index (χ1n) is 7.01. The van der Waals surface area contributed by atoms with Crippen LogP contribution in [0, 0.1) is 11.7 Å². The summed E-state index contributed by atoms with van der Waals surface area (Å²) in [6.45, 7) is -3.08. The summed E-state index contributed by atoms with van der Waals surface area (Å²) in [5.41, 5.74) is 2.80. The van der Waals surface area contributed by atoms with Crippen LogP contribution in [-0.4, -0.2) is 18.6 Å². The van der Waals surface area contributed by atoms with Crippen LogP contribution in [0.15, 0.2) is 12.1 Å². The van der Waals surface area contributed by atoms with Crippen LogP contribution in [0.5, 0.6) is 5.75 Å². The number of amides is 1. The Kier molecular flexibility index (Phi) is 4.18. The normalized spacial score (nSPS) is 24.8. The molecule has 8 heteroatoms. The maximum absolute atomic E-state index is 14.1. The molecule has 1 saturated carbocycles. The molecule has 0 radical (unpaired) electrons. The van der Waals surface area contributed by atoms with Gasteiger partial charge in [-0.05, 0) is 18.9 Å². The third-order valence-corrected chi connectivity index (χ3v) is 4.35. The van der Waals surface area contributed by atoms with Gasteiger partial charge in [0, 0.05) is 12.1 Å². The van der Waals surface area contributed by atoms with Gasteiger partial charge in [0.2, 0.25) is 5.91 Å². The predicted octanol–water partition coefficient (Wildman–Crippen LogP) is 3.49. The highest BCUT2D eigenvalue weighted by atomic mass is 35.5. The smallest absolute Gasteiger partial charge is 0.387 e. The van der Waals surface area contributed by atoms with Gasteiger partial charge in [-0.2, -0.15) is 8.78 Å². The number of benzene rings is 1. The van der Waals surface area contributed by atoms with Crippen molar-refractivity contribution in [1.82, 2.24) is 5.43 Å². The number of hydrogen-bond acceptors (Lipinski definition) is 3. The highest BCUT2D eigenvalue weighted by Gasteiger charge is 2.42. The second kappa shape index (κ2) is 5.96. The van der Waals surface area contributed by atoms with E-state index >= 15 is 0 Å². The minimum atomic E-state index is -3.08. The second-order valence-corrected chi connectivity index (χ2v) is 5.82. The van der Waals surface area contributed by atoms with Crippen molar-refractivity contribution in [3.8, 4) is 5.75 Å². The van der Waals surface area contributed by atoms with E-state index in [1.54, 1.807) is 0 Å². The molecule has 1 N–H and O–H groups in total. The number of nitrogens with one attached hydrogen (secondary N) is 1. The summed E-state index contributed by atoms with van der Waals surface area (Å²) >= 11 is 5.69. The molecular weight excluding hydrogens is 321 g/mol. The van der Waals surface area contributed by atoms with Crippen molar-refractivity contribution in [2.45, 2.75) is 38.3 Å². The SMILES string of the molecule is O=C1C2CCCCC2NN1c1cc(OC(F)F)c(Cl)cc1F. The molecule has 2 atom stereocenters. The second-order valence-electron chi connectivity index (χ2n) is 5.41. The van der Waals surface area contributed by atoms with Crippen LogP contribution in [0.25, 0.3) is 0 Å². The summed E-state index contributed by atoms with van der Waals surface area (Å²) in [4.78, 5) is 12.4. The molecule has 1 saturated heterocycles. The van der Waals surface area contributed by atoms with E-state index in [0.717, 1.165) is 42.8 Å². The van der Waals surface area contributed by atoms with Crippen molar-refractivity contribution >= 4 is 23.2 Å². The van der Waals surface area contributed by atoms with E-state index in [0.29, 0.717) is 0 Å². The van der Waals surface area contributed by atoms with E-state index in [4.69, 9.17) is 11.6 Å². The molecule has 1 heterocycles. The van der Waals surface area contributed by atoms with Crippen LogP contribution >= 0.6 is 11.6 Å². The number of halogens is 4. The van der Waals surface area contributed by atoms with Gasteiger partial charge in [0.25, 0.3) is 0 Å². The Hall–Kier alpha value is -1.47. The van der Waals surface area contributed by atoms with E-state index in [-0.39, 0.29) is 34.3 Å². The molecule has 120 valence electrons. The van der Waals surface area contributed by atoms with Gasteiger partial charge in [0.1, 0.15) is 17.3 Å². The van der Waals surface area contributed by atoms with Gasteiger partial charge in [0.05, 0.1) is 10.9 Å². The molecule has 0 spiro atoms. The third-order valence-electron chi connectivity index (χ3n) is 4.06. The van der Waals surface area contributed by atoms with Gasteiger partial charge < -0.3 is 4.74 Å². The number of anilines is 1. The Morgan fingerprint density at radius 3 is 2.73 bits per heavy atom. The van der Waals surface area contributed by atoms with Crippen molar-refractivity contribution < 1.29 is 22.7 Å². The van der Waals surface area contributed by atoms with Crippen LogP contribution < -0.4 is 15.2 Å². The average Bonchev–Trinajstić information content (AvgIpc) is 2.79. The number of nitrogens with zero attached hydrogens (tertiary/aromatic N) is 1. The molecule has 2 unspecified atom stereocenters. The number of carbonyl (C=O) groups excluding carboxylic acids is 1. The summed E-state index contributed by atoms with van der Waals surface area (Å²) < 4.78 is 43.1. The molecule has 4 nitrogen and oxygen atoms in total. The van der Waals surface area contributed by atoms with Gasteiger partial charge in [-0.25, -0.2) is 14.8 Å². The third kappa shape index (κ3) is 2.75. The van der Waals surface area contributed by atoms with Crippen molar-refractivity contribution in [2.24, 2.45) is 5.92 Å². The molecule has 1 aromatic rings. The van der Waals surface area contributed by atoms with E-state index in [2.05, 4.69) is 10.2 Å².